The van der Waals surface area contributed by atoms with E-state index >= 15 is 0 Å². The molecule has 2 aromatic rings. The number of para-hydroxylation sites is 1. The summed E-state index contributed by atoms with van der Waals surface area (Å²) in [4.78, 5) is 2.46. The number of hydrogen-bond acceptors (Lipinski definition) is 2. The lowest BCUT2D eigenvalue weighted by molar-refractivity contribution is 0.317. The molecule has 96 valence electrons. The molecule has 0 spiro atoms. The van der Waals surface area contributed by atoms with Gasteiger partial charge in [0, 0.05) is 31.4 Å². The van der Waals surface area contributed by atoms with E-state index in [4.69, 9.17) is 11.6 Å². The number of aromatic nitrogens is 2. The maximum atomic E-state index is 5.93. The Balaban J connectivity index is 1.83. The van der Waals surface area contributed by atoms with Gasteiger partial charge in [0.2, 0.25) is 0 Å². The van der Waals surface area contributed by atoms with Gasteiger partial charge in [-0.1, -0.05) is 18.2 Å². The summed E-state index contributed by atoms with van der Waals surface area (Å²) in [6, 6.07) is 8.43. The highest BCUT2D eigenvalue weighted by molar-refractivity contribution is 6.18. The van der Waals surface area contributed by atoms with Crippen molar-refractivity contribution in [1.29, 1.82) is 0 Å². The molecule has 1 atom stereocenters. The molecule has 3 nitrogen and oxygen atoms in total. The lowest BCUT2D eigenvalue weighted by Gasteiger charge is -2.13. The summed E-state index contributed by atoms with van der Waals surface area (Å²) in [5.74, 6) is 1.43. The first kappa shape index (κ1) is 12.0. The van der Waals surface area contributed by atoms with Crippen LogP contribution in [0.4, 0.5) is 0 Å². The number of hydrogen-bond donors (Lipinski definition) is 0. The van der Waals surface area contributed by atoms with Crippen molar-refractivity contribution in [2.75, 3.05) is 19.0 Å². The highest BCUT2D eigenvalue weighted by Crippen LogP contribution is 2.23. The molecule has 0 bridgehead atoms. The Labute approximate surface area is 112 Å². The molecule has 2 heterocycles. The standard InChI is InChI=1S/C14H18ClN3/c1-17-14-5-3-2-4-12(14)13(16-17)10-18-7-6-11(8-15)9-18/h2-5,11H,6-10H2,1H3. The minimum absolute atomic E-state index is 0.654. The summed E-state index contributed by atoms with van der Waals surface area (Å²) in [7, 11) is 2.01. The zero-order valence-corrected chi connectivity index (χ0v) is 11.4. The molecule has 1 fully saturated rings. The highest BCUT2D eigenvalue weighted by atomic mass is 35.5. The molecule has 0 aliphatic carbocycles. The Bertz CT molecular complexity index is 549. The third-order valence-electron chi connectivity index (χ3n) is 3.80. The van der Waals surface area contributed by atoms with Gasteiger partial charge in [-0.05, 0) is 24.9 Å². The minimum Gasteiger partial charge on any atom is -0.297 e. The van der Waals surface area contributed by atoms with E-state index in [-0.39, 0.29) is 0 Å². The molecule has 18 heavy (non-hydrogen) atoms. The van der Waals surface area contributed by atoms with Crippen LogP contribution in [0, 0.1) is 5.92 Å². The molecule has 1 saturated heterocycles. The van der Waals surface area contributed by atoms with Crippen molar-refractivity contribution < 1.29 is 0 Å². The van der Waals surface area contributed by atoms with Crippen molar-refractivity contribution in [3.63, 3.8) is 0 Å². The molecule has 1 aliphatic heterocycles. The summed E-state index contributed by atoms with van der Waals surface area (Å²) < 4.78 is 1.97. The molecule has 0 radical (unpaired) electrons. The minimum atomic E-state index is 0.654. The van der Waals surface area contributed by atoms with Crippen LogP contribution in [0.2, 0.25) is 0 Å². The second kappa shape index (κ2) is 4.90. The first-order valence-electron chi connectivity index (χ1n) is 6.47. The van der Waals surface area contributed by atoms with Crippen LogP contribution in [0.25, 0.3) is 10.9 Å². The van der Waals surface area contributed by atoms with E-state index in [2.05, 4.69) is 34.3 Å². The molecule has 1 aliphatic rings. The fourth-order valence-electron chi connectivity index (χ4n) is 2.80. The lowest BCUT2D eigenvalue weighted by atomic mass is 10.2. The topological polar surface area (TPSA) is 21.1 Å². The van der Waals surface area contributed by atoms with Crippen LogP contribution >= 0.6 is 11.6 Å². The third-order valence-corrected chi connectivity index (χ3v) is 4.23. The SMILES string of the molecule is Cn1nc(CN2CCC(CCl)C2)c2ccccc21. The molecule has 1 aromatic carbocycles. The monoisotopic (exact) mass is 263 g/mol. The molecule has 1 unspecified atom stereocenters. The molecular weight excluding hydrogens is 246 g/mol. The number of aryl methyl sites for hydroxylation is 1. The Morgan fingerprint density at radius 2 is 2.22 bits per heavy atom. The fraction of sp³-hybridized carbons (Fsp3) is 0.500. The predicted molar refractivity (Wildman–Crippen MR) is 74.8 cm³/mol. The summed E-state index contributed by atoms with van der Waals surface area (Å²) in [6.45, 7) is 3.19. The van der Waals surface area contributed by atoms with Gasteiger partial charge >= 0.3 is 0 Å². The number of halogens is 1. The van der Waals surface area contributed by atoms with E-state index in [0.717, 1.165) is 25.5 Å². The molecular formula is C14H18ClN3. The zero-order valence-electron chi connectivity index (χ0n) is 10.6. The van der Waals surface area contributed by atoms with Gasteiger partial charge in [0.1, 0.15) is 0 Å². The fourth-order valence-corrected chi connectivity index (χ4v) is 3.05. The van der Waals surface area contributed by atoms with Crippen molar-refractivity contribution in [2.24, 2.45) is 13.0 Å². The van der Waals surface area contributed by atoms with Crippen LogP contribution in [0.3, 0.4) is 0 Å². The summed E-state index contributed by atoms with van der Waals surface area (Å²) in [6.07, 6.45) is 1.22. The summed E-state index contributed by atoms with van der Waals surface area (Å²) in [5.41, 5.74) is 2.39. The molecule has 3 rings (SSSR count). The first-order valence-corrected chi connectivity index (χ1v) is 7.00. The van der Waals surface area contributed by atoms with Gasteiger partial charge in [-0.25, -0.2) is 0 Å². The van der Waals surface area contributed by atoms with Crippen molar-refractivity contribution in [2.45, 2.75) is 13.0 Å². The van der Waals surface area contributed by atoms with Crippen molar-refractivity contribution in [1.82, 2.24) is 14.7 Å². The number of alkyl halides is 1. The molecule has 1 aromatic heterocycles. The Morgan fingerprint density at radius 3 is 3.00 bits per heavy atom. The Morgan fingerprint density at radius 1 is 1.39 bits per heavy atom. The Hall–Kier alpha value is -1.06. The van der Waals surface area contributed by atoms with E-state index in [1.807, 2.05) is 11.7 Å². The van der Waals surface area contributed by atoms with Crippen LogP contribution in [0.15, 0.2) is 24.3 Å². The van der Waals surface area contributed by atoms with Gasteiger partial charge in [-0.3, -0.25) is 9.58 Å². The zero-order chi connectivity index (χ0) is 12.5. The van der Waals surface area contributed by atoms with E-state index in [1.165, 1.54) is 23.0 Å². The van der Waals surface area contributed by atoms with Gasteiger partial charge in [-0.2, -0.15) is 5.10 Å². The number of rotatable bonds is 3. The number of fused-ring (bicyclic) bond motifs is 1. The quantitative estimate of drug-likeness (QED) is 0.794. The molecule has 0 amide bonds. The van der Waals surface area contributed by atoms with Gasteiger partial charge in [-0.15, -0.1) is 11.6 Å². The van der Waals surface area contributed by atoms with Gasteiger partial charge in [0.05, 0.1) is 11.2 Å². The molecule has 0 saturated carbocycles. The van der Waals surface area contributed by atoms with Gasteiger partial charge < -0.3 is 0 Å². The number of benzene rings is 1. The van der Waals surface area contributed by atoms with E-state index in [0.29, 0.717) is 5.92 Å². The largest absolute Gasteiger partial charge is 0.297 e. The van der Waals surface area contributed by atoms with Crippen LogP contribution in [-0.2, 0) is 13.6 Å². The van der Waals surface area contributed by atoms with Gasteiger partial charge in [0.25, 0.3) is 0 Å². The maximum absolute atomic E-state index is 5.93. The summed E-state index contributed by atoms with van der Waals surface area (Å²) in [5, 5.41) is 5.92. The lowest BCUT2D eigenvalue weighted by Crippen LogP contribution is -2.21. The second-order valence-corrected chi connectivity index (χ2v) is 5.44. The molecule has 0 N–H and O–H groups in total. The van der Waals surface area contributed by atoms with Crippen molar-refractivity contribution in [3.8, 4) is 0 Å². The highest BCUT2D eigenvalue weighted by Gasteiger charge is 2.23. The normalized spacial score (nSPS) is 20.9. The average molecular weight is 264 g/mol. The number of likely N-dealkylation sites (tertiary alicyclic amines) is 1. The second-order valence-electron chi connectivity index (χ2n) is 5.13. The van der Waals surface area contributed by atoms with Crippen molar-refractivity contribution in [3.05, 3.63) is 30.0 Å². The molecule has 4 heteroatoms. The van der Waals surface area contributed by atoms with Crippen LogP contribution in [-0.4, -0.2) is 33.6 Å². The number of nitrogens with zero attached hydrogens (tertiary/aromatic N) is 3. The van der Waals surface area contributed by atoms with Crippen LogP contribution < -0.4 is 0 Å². The average Bonchev–Trinajstić information content (AvgIpc) is 2.97. The maximum Gasteiger partial charge on any atom is 0.0843 e. The Kier molecular flexibility index (Phi) is 3.27. The van der Waals surface area contributed by atoms with Crippen LogP contribution in [0.5, 0.6) is 0 Å². The first-order chi connectivity index (χ1) is 8.78. The smallest absolute Gasteiger partial charge is 0.0843 e. The van der Waals surface area contributed by atoms with E-state index < -0.39 is 0 Å². The predicted octanol–water partition coefficient (Wildman–Crippen LogP) is 2.63. The van der Waals surface area contributed by atoms with E-state index in [1.54, 1.807) is 0 Å². The third kappa shape index (κ3) is 2.13. The van der Waals surface area contributed by atoms with E-state index in [9.17, 15) is 0 Å². The van der Waals surface area contributed by atoms with Gasteiger partial charge in [0.15, 0.2) is 0 Å². The van der Waals surface area contributed by atoms with Crippen molar-refractivity contribution >= 4 is 22.5 Å². The van der Waals surface area contributed by atoms with Crippen LogP contribution in [0.1, 0.15) is 12.1 Å². The summed E-state index contributed by atoms with van der Waals surface area (Å²) >= 11 is 5.93.